The van der Waals surface area contributed by atoms with Crippen molar-refractivity contribution in [3.05, 3.63) is 0 Å². The molecular weight excluding hydrogens is 448 g/mol. The zero-order valence-corrected chi connectivity index (χ0v) is 19.5. The number of thioether (sulfide) groups is 2. The summed E-state index contributed by atoms with van der Waals surface area (Å²) in [5.74, 6) is -3.11. The maximum Gasteiger partial charge on any atom is 0.326 e. The minimum absolute atomic E-state index is 0.0799. The van der Waals surface area contributed by atoms with Crippen LogP contribution in [0.25, 0.3) is 0 Å². The molecule has 0 bridgehead atoms. The molecule has 0 aromatic heterocycles. The Morgan fingerprint density at radius 3 is 1.81 bits per heavy atom. The van der Waals surface area contributed by atoms with Crippen LogP contribution < -0.4 is 21.7 Å². The minimum Gasteiger partial charge on any atom is -0.481 e. The molecule has 11 nitrogen and oxygen atoms in total. The fourth-order valence-corrected chi connectivity index (χ4v) is 3.31. The van der Waals surface area contributed by atoms with Gasteiger partial charge in [0.25, 0.3) is 0 Å². The number of hydrogen-bond acceptors (Lipinski definition) is 8. The fraction of sp³-hybridized carbons (Fsp3) is 0.722. The Hall–Kier alpha value is -1.99. The van der Waals surface area contributed by atoms with Crippen LogP contribution in [-0.2, 0) is 24.0 Å². The molecule has 4 unspecified atom stereocenters. The average molecular weight is 481 g/mol. The van der Waals surface area contributed by atoms with Gasteiger partial charge in [-0.25, -0.2) is 4.79 Å². The van der Waals surface area contributed by atoms with E-state index >= 15 is 0 Å². The van der Waals surface area contributed by atoms with Gasteiger partial charge >= 0.3 is 11.9 Å². The molecule has 0 radical (unpaired) electrons. The molecule has 0 heterocycles. The van der Waals surface area contributed by atoms with Crippen LogP contribution in [0.3, 0.4) is 0 Å². The number of hydrogen-bond donors (Lipinski definition) is 6. The van der Waals surface area contributed by atoms with E-state index in [1.54, 1.807) is 0 Å². The Bertz CT molecular complexity index is 636. The van der Waals surface area contributed by atoms with Gasteiger partial charge in [0.1, 0.15) is 18.1 Å². The SMILES string of the molecule is CSCCC(NC(=O)C(C)NC(=O)C(CCSC)NC(=O)C(N)CCC(=O)O)C(=O)O. The van der Waals surface area contributed by atoms with E-state index in [2.05, 4.69) is 16.0 Å². The summed E-state index contributed by atoms with van der Waals surface area (Å²) < 4.78 is 0. The Morgan fingerprint density at radius 1 is 0.806 bits per heavy atom. The summed E-state index contributed by atoms with van der Waals surface area (Å²) in [4.78, 5) is 59.0. The average Bonchev–Trinajstić information content (AvgIpc) is 2.71. The molecule has 0 aliphatic rings. The molecule has 7 N–H and O–H groups in total. The van der Waals surface area contributed by atoms with Crippen molar-refractivity contribution in [1.82, 2.24) is 16.0 Å². The number of aliphatic carboxylic acids is 2. The molecule has 0 saturated heterocycles. The molecule has 0 fully saturated rings. The monoisotopic (exact) mass is 480 g/mol. The third-order valence-corrected chi connectivity index (χ3v) is 5.51. The Kier molecular flexibility index (Phi) is 14.7. The molecule has 0 aliphatic heterocycles. The van der Waals surface area contributed by atoms with Crippen molar-refractivity contribution < 1.29 is 34.2 Å². The highest BCUT2D eigenvalue weighted by Crippen LogP contribution is 2.05. The zero-order chi connectivity index (χ0) is 24.0. The predicted molar refractivity (Wildman–Crippen MR) is 120 cm³/mol. The molecule has 178 valence electrons. The van der Waals surface area contributed by atoms with Gasteiger partial charge in [-0.15, -0.1) is 0 Å². The summed E-state index contributed by atoms with van der Waals surface area (Å²) in [6.07, 6.45) is 3.79. The Balaban J connectivity index is 4.96. The maximum atomic E-state index is 12.6. The molecule has 0 rings (SSSR count). The van der Waals surface area contributed by atoms with Gasteiger partial charge < -0.3 is 31.9 Å². The minimum atomic E-state index is -1.17. The van der Waals surface area contributed by atoms with E-state index in [0.29, 0.717) is 11.5 Å². The number of nitrogens with one attached hydrogen (secondary N) is 3. The van der Waals surface area contributed by atoms with E-state index in [-0.39, 0.29) is 25.7 Å². The van der Waals surface area contributed by atoms with E-state index in [9.17, 15) is 29.1 Å². The van der Waals surface area contributed by atoms with E-state index in [4.69, 9.17) is 10.8 Å². The molecule has 0 saturated carbocycles. The molecule has 0 spiro atoms. The third kappa shape index (κ3) is 12.5. The van der Waals surface area contributed by atoms with Crippen LogP contribution in [0, 0.1) is 0 Å². The molecule has 3 amide bonds. The van der Waals surface area contributed by atoms with Gasteiger partial charge in [0.2, 0.25) is 17.7 Å². The van der Waals surface area contributed by atoms with Gasteiger partial charge in [-0.05, 0) is 50.2 Å². The second kappa shape index (κ2) is 15.8. The lowest BCUT2D eigenvalue weighted by Crippen LogP contribution is -2.56. The van der Waals surface area contributed by atoms with Crippen molar-refractivity contribution in [2.45, 2.75) is 56.8 Å². The van der Waals surface area contributed by atoms with Crippen molar-refractivity contribution in [2.24, 2.45) is 5.73 Å². The first-order valence-electron chi connectivity index (χ1n) is 9.62. The second-order valence-electron chi connectivity index (χ2n) is 6.79. The van der Waals surface area contributed by atoms with Crippen LogP contribution >= 0.6 is 23.5 Å². The van der Waals surface area contributed by atoms with Crippen molar-refractivity contribution in [3.8, 4) is 0 Å². The van der Waals surface area contributed by atoms with Crippen molar-refractivity contribution in [3.63, 3.8) is 0 Å². The fourth-order valence-electron chi connectivity index (χ4n) is 2.36. The predicted octanol–water partition coefficient (Wildman–Crippen LogP) is -0.756. The number of amides is 3. The topological polar surface area (TPSA) is 188 Å². The quantitative estimate of drug-likeness (QED) is 0.164. The molecule has 0 aromatic carbocycles. The highest BCUT2D eigenvalue weighted by atomic mass is 32.2. The third-order valence-electron chi connectivity index (χ3n) is 4.23. The zero-order valence-electron chi connectivity index (χ0n) is 17.9. The van der Waals surface area contributed by atoms with Gasteiger partial charge in [-0.1, -0.05) is 0 Å². The van der Waals surface area contributed by atoms with Crippen molar-refractivity contribution in [1.29, 1.82) is 0 Å². The molecule has 4 atom stereocenters. The van der Waals surface area contributed by atoms with Crippen LogP contribution in [0.15, 0.2) is 0 Å². The van der Waals surface area contributed by atoms with Gasteiger partial charge in [-0.3, -0.25) is 19.2 Å². The van der Waals surface area contributed by atoms with E-state index in [0.717, 1.165) is 0 Å². The number of rotatable bonds is 16. The smallest absolute Gasteiger partial charge is 0.326 e. The standard InChI is InChI=1S/C18H32N4O7S2/c1-10(15(25)22-13(18(28)29)7-9-31-3)20-17(27)12(6-8-30-2)21-16(26)11(19)4-5-14(23)24/h10-13H,4-9,19H2,1-3H3,(H,20,27)(H,21,26)(H,22,25)(H,23,24)(H,28,29). The highest BCUT2D eigenvalue weighted by molar-refractivity contribution is 7.98. The van der Waals surface area contributed by atoms with E-state index in [1.807, 2.05) is 12.5 Å². The lowest BCUT2D eigenvalue weighted by atomic mass is 10.1. The summed E-state index contributed by atoms with van der Waals surface area (Å²) in [7, 11) is 0. The summed E-state index contributed by atoms with van der Waals surface area (Å²) >= 11 is 2.90. The lowest BCUT2D eigenvalue weighted by molar-refractivity contribution is -0.142. The summed E-state index contributed by atoms with van der Waals surface area (Å²) in [5.41, 5.74) is 5.68. The van der Waals surface area contributed by atoms with Crippen LogP contribution in [0.2, 0.25) is 0 Å². The maximum absolute atomic E-state index is 12.6. The number of carboxylic acid groups (broad SMARTS) is 2. The lowest BCUT2D eigenvalue weighted by Gasteiger charge is -2.23. The molecule has 31 heavy (non-hydrogen) atoms. The van der Waals surface area contributed by atoms with E-state index < -0.39 is 53.8 Å². The largest absolute Gasteiger partial charge is 0.481 e. The summed E-state index contributed by atoms with van der Waals surface area (Å²) in [5, 5.41) is 25.3. The number of nitrogens with two attached hydrogens (primary N) is 1. The number of carbonyl (C=O) groups is 5. The first-order chi connectivity index (χ1) is 14.5. The van der Waals surface area contributed by atoms with Crippen molar-refractivity contribution >= 4 is 53.2 Å². The Morgan fingerprint density at radius 2 is 1.32 bits per heavy atom. The van der Waals surface area contributed by atoms with Crippen LogP contribution in [0.4, 0.5) is 0 Å². The normalized spacial score (nSPS) is 14.6. The van der Waals surface area contributed by atoms with Crippen LogP contribution in [0.5, 0.6) is 0 Å². The molecular formula is C18H32N4O7S2. The Labute approximate surface area is 190 Å². The van der Waals surface area contributed by atoms with E-state index in [1.165, 1.54) is 30.4 Å². The first kappa shape index (κ1) is 29.0. The van der Waals surface area contributed by atoms with Crippen LogP contribution in [-0.4, -0.2) is 88.1 Å². The number of carboxylic acids is 2. The van der Waals surface area contributed by atoms with Gasteiger partial charge in [0.05, 0.1) is 6.04 Å². The molecule has 13 heteroatoms. The first-order valence-corrected chi connectivity index (χ1v) is 12.4. The van der Waals surface area contributed by atoms with Gasteiger partial charge in [0.15, 0.2) is 0 Å². The number of carbonyl (C=O) groups excluding carboxylic acids is 3. The van der Waals surface area contributed by atoms with Gasteiger partial charge in [-0.2, -0.15) is 23.5 Å². The second-order valence-corrected chi connectivity index (χ2v) is 8.76. The van der Waals surface area contributed by atoms with Gasteiger partial charge in [0, 0.05) is 6.42 Å². The van der Waals surface area contributed by atoms with Crippen molar-refractivity contribution in [2.75, 3.05) is 24.0 Å². The molecule has 0 aromatic rings. The highest BCUT2D eigenvalue weighted by Gasteiger charge is 2.28. The summed E-state index contributed by atoms with van der Waals surface area (Å²) in [6, 6.07) is -4.16. The molecule has 0 aliphatic carbocycles. The van der Waals surface area contributed by atoms with Crippen LogP contribution in [0.1, 0.15) is 32.6 Å². The summed E-state index contributed by atoms with van der Waals surface area (Å²) in [6.45, 7) is 1.41.